The molecule has 1 atom stereocenters. The molecule has 0 saturated carbocycles. The molecule has 1 fully saturated rings. The molecule has 0 bridgehead atoms. The van der Waals surface area contributed by atoms with Crippen molar-refractivity contribution in [1.29, 1.82) is 5.26 Å². The molecule has 1 aliphatic rings. The number of hydrogen-bond donors (Lipinski definition) is 1. The van der Waals surface area contributed by atoms with Gasteiger partial charge in [-0.3, -0.25) is 14.5 Å². The van der Waals surface area contributed by atoms with Crippen LogP contribution in [0.1, 0.15) is 11.1 Å². The van der Waals surface area contributed by atoms with Crippen LogP contribution in [0, 0.1) is 18.3 Å². The number of aryl methyl sites for hydroxylation is 1. The van der Waals surface area contributed by atoms with Crippen LogP contribution in [0.3, 0.4) is 0 Å². The van der Waals surface area contributed by atoms with E-state index < -0.39 is 11.2 Å². The number of nitriles is 1. The second kappa shape index (κ2) is 10.4. The maximum Gasteiger partial charge on any atom is 0.269 e. The SMILES string of the molecule is Cc1ccc(N2C(=O)[C@@H](Cc3ccc(Cl)cc3)S/C2=C(\C#N)C(=O)Nc2ccc(Cl)cc2)cc1. The van der Waals surface area contributed by atoms with Gasteiger partial charge in [0.15, 0.2) is 0 Å². The van der Waals surface area contributed by atoms with Crippen LogP contribution in [-0.2, 0) is 16.0 Å². The van der Waals surface area contributed by atoms with Crippen molar-refractivity contribution in [1.82, 2.24) is 0 Å². The van der Waals surface area contributed by atoms with Gasteiger partial charge in [-0.1, -0.05) is 64.8 Å². The number of carbonyl (C=O) groups excluding carboxylic acids is 2. The molecule has 5 nitrogen and oxygen atoms in total. The van der Waals surface area contributed by atoms with Crippen LogP contribution in [0.15, 0.2) is 83.4 Å². The summed E-state index contributed by atoms with van der Waals surface area (Å²) in [6, 6.07) is 23.3. The van der Waals surface area contributed by atoms with Crippen LogP contribution in [0.5, 0.6) is 0 Å². The van der Waals surface area contributed by atoms with Gasteiger partial charge in [0, 0.05) is 21.4 Å². The third kappa shape index (κ3) is 5.28. The fraction of sp³-hybridized carbons (Fsp3) is 0.115. The quantitative estimate of drug-likeness (QED) is 0.321. The molecule has 0 aromatic heterocycles. The Kier molecular flexibility index (Phi) is 7.28. The summed E-state index contributed by atoms with van der Waals surface area (Å²) >= 11 is 13.1. The minimum Gasteiger partial charge on any atom is -0.321 e. The third-order valence-electron chi connectivity index (χ3n) is 5.23. The highest BCUT2D eigenvalue weighted by molar-refractivity contribution is 8.05. The lowest BCUT2D eigenvalue weighted by atomic mass is 10.1. The van der Waals surface area contributed by atoms with Gasteiger partial charge in [-0.2, -0.15) is 5.26 Å². The topological polar surface area (TPSA) is 73.2 Å². The lowest BCUT2D eigenvalue weighted by molar-refractivity contribution is -0.117. The zero-order valence-corrected chi connectivity index (χ0v) is 20.4. The second-order valence-corrected chi connectivity index (χ2v) is 9.76. The van der Waals surface area contributed by atoms with Crippen LogP contribution in [0.2, 0.25) is 10.0 Å². The number of amides is 2. The van der Waals surface area contributed by atoms with Crippen molar-refractivity contribution >= 4 is 58.2 Å². The lowest BCUT2D eigenvalue weighted by Gasteiger charge is -2.19. The minimum atomic E-state index is -0.593. The first kappa shape index (κ1) is 23.9. The Balaban J connectivity index is 1.71. The van der Waals surface area contributed by atoms with Gasteiger partial charge < -0.3 is 5.32 Å². The molecule has 2 amide bonds. The number of nitrogens with one attached hydrogen (secondary N) is 1. The van der Waals surface area contributed by atoms with Crippen molar-refractivity contribution in [2.45, 2.75) is 18.6 Å². The first-order valence-corrected chi connectivity index (χ1v) is 12.0. The standard InChI is InChI=1S/C26H19Cl2N3O2S/c1-16-2-12-21(13-3-16)31-25(33)23(14-17-4-6-18(27)7-5-17)34-26(31)22(15-29)24(32)30-20-10-8-19(28)9-11-20/h2-13,23H,14H2,1H3,(H,30,32)/b26-22+/t23-/m1/s1. The maximum absolute atomic E-state index is 13.5. The average Bonchev–Trinajstić information content (AvgIpc) is 3.13. The summed E-state index contributed by atoms with van der Waals surface area (Å²) < 4.78 is 0. The number of anilines is 2. The first-order chi connectivity index (χ1) is 16.4. The first-order valence-electron chi connectivity index (χ1n) is 10.4. The van der Waals surface area contributed by atoms with E-state index in [9.17, 15) is 14.9 Å². The van der Waals surface area contributed by atoms with E-state index in [1.807, 2.05) is 49.4 Å². The number of hydrogen-bond acceptors (Lipinski definition) is 4. The molecule has 1 saturated heterocycles. The predicted molar refractivity (Wildman–Crippen MR) is 138 cm³/mol. The molecular weight excluding hydrogens is 489 g/mol. The Labute approximate surface area is 212 Å². The summed E-state index contributed by atoms with van der Waals surface area (Å²) in [4.78, 5) is 28.0. The van der Waals surface area contributed by atoms with E-state index in [-0.39, 0.29) is 11.5 Å². The highest BCUT2D eigenvalue weighted by atomic mass is 35.5. The van der Waals surface area contributed by atoms with Gasteiger partial charge >= 0.3 is 0 Å². The lowest BCUT2D eigenvalue weighted by Crippen LogP contribution is -2.30. The molecule has 0 radical (unpaired) electrons. The molecule has 1 aliphatic heterocycles. The third-order valence-corrected chi connectivity index (χ3v) is 7.00. The fourth-order valence-electron chi connectivity index (χ4n) is 3.48. The summed E-state index contributed by atoms with van der Waals surface area (Å²) in [5.74, 6) is -0.782. The predicted octanol–water partition coefficient (Wildman–Crippen LogP) is 6.37. The van der Waals surface area contributed by atoms with Gasteiger partial charge in [-0.25, -0.2) is 0 Å². The van der Waals surface area contributed by atoms with Gasteiger partial charge in [0.1, 0.15) is 16.7 Å². The van der Waals surface area contributed by atoms with Crippen LogP contribution in [0.25, 0.3) is 0 Å². The van der Waals surface area contributed by atoms with E-state index in [1.165, 1.54) is 16.7 Å². The number of thioether (sulfide) groups is 1. The molecule has 4 rings (SSSR count). The van der Waals surface area contributed by atoms with E-state index in [0.29, 0.717) is 32.9 Å². The maximum atomic E-state index is 13.5. The Morgan fingerprint density at radius 2 is 1.59 bits per heavy atom. The number of nitrogens with zero attached hydrogens (tertiary/aromatic N) is 2. The summed E-state index contributed by atoms with van der Waals surface area (Å²) in [6.07, 6.45) is 0.435. The summed E-state index contributed by atoms with van der Waals surface area (Å²) in [6.45, 7) is 1.95. The molecule has 0 spiro atoms. The normalized spacial score (nSPS) is 16.8. The molecule has 3 aromatic carbocycles. The highest BCUT2D eigenvalue weighted by Gasteiger charge is 2.40. The van der Waals surface area contributed by atoms with E-state index in [4.69, 9.17) is 23.2 Å². The molecule has 3 aromatic rings. The summed E-state index contributed by atoms with van der Waals surface area (Å²) in [7, 11) is 0. The second-order valence-electron chi connectivity index (χ2n) is 7.70. The smallest absolute Gasteiger partial charge is 0.269 e. The molecule has 0 aliphatic carbocycles. The van der Waals surface area contributed by atoms with Crippen molar-refractivity contribution in [3.8, 4) is 6.07 Å². The van der Waals surface area contributed by atoms with Gasteiger partial charge in [0.2, 0.25) is 5.91 Å². The number of halogens is 2. The van der Waals surface area contributed by atoms with Crippen LogP contribution in [-0.4, -0.2) is 17.1 Å². The highest BCUT2D eigenvalue weighted by Crippen LogP contribution is 2.42. The monoisotopic (exact) mass is 507 g/mol. The Bertz CT molecular complexity index is 1300. The number of carbonyl (C=O) groups is 2. The van der Waals surface area contributed by atoms with Crippen molar-refractivity contribution < 1.29 is 9.59 Å². The average molecular weight is 508 g/mol. The van der Waals surface area contributed by atoms with E-state index in [1.54, 1.807) is 36.4 Å². The zero-order chi connectivity index (χ0) is 24.2. The van der Waals surface area contributed by atoms with Gasteiger partial charge in [-0.05, 0) is 67.4 Å². The van der Waals surface area contributed by atoms with Crippen molar-refractivity contribution in [2.75, 3.05) is 10.2 Å². The van der Waals surface area contributed by atoms with E-state index in [2.05, 4.69) is 5.32 Å². The Morgan fingerprint density at radius 3 is 2.18 bits per heavy atom. The van der Waals surface area contributed by atoms with E-state index in [0.717, 1.165) is 11.1 Å². The van der Waals surface area contributed by atoms with Crippen molar-refractivity contribution in [3.63, 3.8) is 0 Å². The Hall–Kier alpha value is -3.24. The van der Waals surface area contributed by atoms with Crippen molar-refractivity contribution in [3.05, 3.63) is 105 Å². The van der Waals surface area contributed by atoms with Gasteiger partial charge in [0.25, 0.3) is 5.91 Å². The molecule has 1 N–H and O–H groups in total. The zero-order valence-electron chi connectivity index (χ0n) is 18.1. The van der Waals surface area contributed by atoms with Gasteiger partial charge in [0.05, 0.1) is 5.25 Å². The molecule has 8 heteroatoms. The van der Waals surface area contributed by atoms with E-state index >= 15 is 0 Å². The summed E-state index contributed by atoms with van der Waals surface area (Å²) in [5.41, 5.74) is 2.93. The molecule has 34 heavy (non-hydrogen) atoms. The minimum absolute atomic E-state index is 0.132. The van der Waals surface area contributed by atoms with Crippen LogP contribution in [0.4, 0.5) is 11.4 Å². The van der Waals surface area contributed by atoms with Crippen LogP contribution < -0.4 is 10.2 Å². The molecule has 1 heterocycles. The van der Waals surface area contributed by atoms with Crippen molar-refractivity contribution in [2.24, 2.45) is 0 Å². The number of benzene rings is 3. The molecule has 0 unspecified atom stereocenters. The molecular formula is C26H19Cl2N3O2S. The van der Waals surface area contributed by atoms with Crippen LogP contribution >= 0.6 is 35.0 Å². The molecule has 170 valence electrons. The largest absolute Gasteiger partial charge is 0.321 e. The fourth-order valence-corrected chi connectivity index (χ4v) is 5.04. The summed E-state index contributed by atoms with van der Waals surface area (Å²) in [5, 5.41) is 13.6. The van der Waals surface area contributed by atoms with Gasteiger partial charge in [-0.15, -0.1) is 0 Å². The Morgan fingerprint density at radius 1 is 1.00 bits per heavy atom. The number of rotatable bonds is 5.